The van der Waals surface area contributed by atoms with Crippen LogP contribution < -0.4 is 11.1 Å². The molecule has 2 aromatic rings. The number of aromatic nitrogens is 1. The Morgan fingerprint density at radius 3 is 2.84 bits per heavy atom. The van der Waals surface area contributed by atoms with Crippen molar-refractivity contribution in [2.24, 2.45) is 11.7 Å². The second-order valence-corrected chi connectivity index (χ2v) is 7.49. The van der Waals surface area contributed by atoms with Crippen LogP contribution in [0.4, 0.5) is 9.52 Å². The quantitative estimate of drug-likeness (QED) is 0.818. The molecule has 136 valence electrons. The van der Waals surface area contributed by atoms with Crippen LogP contribution in [0.2, 0.25) is 0 Å². The molecule has 4 nitrogen and oxygen atoms in total. The number of benzene rings is 1. The number of carbonyl (C=O) groups is 1. The van der Waals surface area contributed by atoms with Gasteiger partial charge in [-0.3, -0.25) is 4.79 Å². The molecule has 0 unspecified atom stereocenters. The minimum Gasteiger partial charge on any atom is -0.327 e. The number of thiazole rings is 1. The van der Waals surface area contributed by atoms with E-state index in [9.17, 15) is 9.18 Å². The number of hydrogen-bond acceptors (Lipinski definition) is 4. The van der Waals surface area contributed by atoms with Gasteiger partial charge in [0, 0.05) is 23.8 Å². The van der Waals surface area contributed by atoms with Crippen LogP contribution in [0.25, 0.3) is 0 Å². The van der Waals surface area contributed by atoms with Crippen LogP contribution in [-0.4, -0.2) is 16.9 Å². The van der Waals surface area contributed by atoms with Crippen molar-refractivity contribution in [3.63, 3.8) is 0 Å². The van der Waals surface area contributed by atoms with E-state index in [-0.39, 0.29) is 36.1 Å². The molecule has 2 atom stereocenters. The van der Waals surface area contributed by atoms with Gasteiger partial charge in [-0.2, -0.15) is 0 Å². The highest BCUT2D eigenvalue weighted by Crippen LogP contribution is 2.29. The van der Waals surface area contributed by atoms with Crippen molar-refractivity contribution in [3.8, 4) is 0 Å². The number of halogens is 2. The Hall–Kier alpha value is -1.50. The number of amides is 1. The zero-order chi connectivity index (χ0) is 17.1. The summed E-state index contributed by atoms with van der Waals surface area (Å²) in [4.78, 5) is 17.6. The lowest BCUT2D eigenvalue weighted by atomic mass is 10.00. The van der Waals surface area contributed by atoms with Crippen molar-refractivity contribution in [2.45, 2.75) is 45.1 Å². The van der Waals surface area contributed by atoms with Crippen LogP contribution in [0, 0.1) is 18.7 Å². The van der Waals surface area contributed by atoms with Crippen LogP contribution in [0.5, 0.6) is 0 Å². The average Bonchev–Trinajstić information content (AvgIpc) is 3.08. The van der Waals surface area contributed by atoms with Crippen LogP contribution in [0.1, 0.15) is 41.8 Å². The molecule has 3 rings (SSSR count). The molecule has 1 aromatic carbocycles. The fourth-order valence-corrected chi connectivity index (χ4v) is 4.19. The first-order valence-electron chi connectivity index (χ1n) is 8.28. The van der Waals surface area contributed by atoms with E-state index in [1.807, 2.05) is 13.0 Å². The maximum absolute atomic E-state index is 13.8. The first kappa shape index (κ1) is 19.8. The highest BCUT2D eigenvalue weighted by molar-refractivity contribution is 7.15. The van der Waals surface area contributed by atoms with E-state index in [1.54, 1.807) is 12.1 Å². The topological polar surface area (TPSA) is 68.0 Å². The molecular formula is C18H23ClFN3OS. The summed E-state index contributed by atoms with van der Waals surface area (Å²) in [5.74, 6) is 0.0126. The summed E-state index contributed by atoms with van der Waals surface area (Å²) < 4.78 is 13.8. The molecule has 1 heterocycles. The fourth-order valence-electron chi connectivity index (χ4n) is 3.19. The van der Waals surface area contributed by atoms with Crippen LogP contribution in [0.15, 0.2) is 24.3 Å². The van der Waals surface area contributed by atoms with Gasteiger partial charge in [-0.1, -0.05) is 24.6 Å². The Morgan fingerprint density at radius 2 is 2.16 bits per heavy atom. The third kappa shape index (κ3) is 5.00. The van der Waals surface area contributed by atoms with Gasteiger partial charge in [-0.15, -0.1) is 23.7 Å². The molecule has 1 aromatic heterocycles. The molecule has 7 heteroatoms. The predicted octanol–water partition coefficient (Wildman–Crippen LogP) is 4.06. The minimum atomic E-state index is -0.217. The normalized spacial score (nSPS) is 19.5. The summed E-state index contributed by atoms with van der Waals surface area (Å²) in [6, 6.07) is 6.86. The third-order valence-electron chi connectivity index (χ3n) is 4.61. The van der Waals surface area contributed by atoms with Crippen LogP contribution in [0.3, 0.4) is 0 Å². The lowest BCUT2D eigenvalue weighted by Gasteiger charge is -2.13. The Bertz CT molecular complexity index is 737. The summed E-state index contributed by atoms with van der Waals surface area (Å²) in [6.07, 6.45) is 4.05. The van der Waals surface area contributed by atoms with E-state index < -0.39 is 0 Å². The second kappa shape index (κ2) is 8.74. The monoisotopic (exact) mass is 383 g/mol. The standard InChI is InChI=1S/C18H22FN3OS.ClH/c1-11-16(9-12-5-2-3-7-14(12)19)24-18(21-11)22-17(23)10-13-6-4-8-15(13)20;/h2-3,5,7,13,15H,4,6,8-10,20H2,1H3,(H,21,22,23);1H/t13-,15+;/m0./s1. The zero-order valence-electron chi connectivity index (χ0n) is 14.1. The molecular weight excluding hydrogens is 361 g/mol. The Morgan fingerprint density at radius 1 is 1.40 bits per heavy atom. The fraction of sp³-hybridized carbons (Fsp3) is 0.444. The van der Waals surface area contributed by atoms with E-state index in [1.165, 1.54) is 17.4 Å². The average molecular weight is 384 g/mol. The molecule has 0 aliphatic heterocycles. The third-order valence-corrected chi connectivity index (χ3v) is 5.69. The van der Waals surface area contributed by atoms with Crippen molar-refractivity contribution in [1.29, 1.82) is 0 Å². The van der Waals surface area contributed by atoms with E-state index in [2.05, 4.69) is 10.3 Å². The summed E-state index contributed by atoms with van der Waals surface area (Å²) >= 11 is 1.41. The molecule has 1 saturated carbocycles. The van der Waals surface area contributed by atoms with Crippen LogP contribution in [-0.2, 0) is 11.2 Å². The maximum Gasteiger partial charge on any atom is 0.226 e. The Labute approximate surface area is 157 Å². The number of nitrogens with two attached hydrogens (primary N) is 1. The highest BCUT2D eigenvalue weighted by atomic mass is 35.5. The van der Waals surface area contributed by atoms with Gasteiger partial charge in [0.15, 0.2) is 5.13 Å². The van der Waals surface area contributed by atoms with Gasteiger partial charge in [0.25, 0.3) is 0 Å². The molecule has 0 radical (unpaired) electrons. The SMILES string of the molecule is Cc1nc(NC(=O)C[C@@H]2CCC[C@H]2N)sc1Cc1ccccc1F.Cl. The van der Waals surface area contributed by atoms with Crippen molar-refractivity contribution < 1.29 is 9.18 Å². The molecule has 25 heavy (non-hydrogen) atoms. The zero-order valence-corrected chi connectivity index (χ0v) is 15.8. The molecule has 1 fully saturated rings. The Balaban J connectivity index is 0.00000225. The van der Waals surface area contributed by atoms with E-state index in [0.717, 1.165) is 29.8 Å². The molecule has 0 bridgehead atoms. The number of hydrogen-bond donors (Lipinski definition) is 2. The molecule has 1 amide bonds. The van der Waals surface area contributed by atoms with Crippen molar-refractivity contribution >= 4 is 34.8 Å². The van der Waals surface area contributed by atoms with Crippen molar-refractivity contribution in [3.05, 3.63) is 46.2 Å². The summed E-state index contributed by atoms with van der Waals surface area (Å²) in [7, 11) is 0. The summed E-state index contributed by atoms with van der Waals surface area (Å²) in [5, 5.41) is 3.45. The van der Waals surface area contributed by atoms with Gasteiger partial charge >= 0.3 is 0 Å². The number of anilines is 1. The smallest absolute Gasteiger partial charge is 0.226 e. The number of rotatable bonds is 5. The molecule has 3 N–H and O–H groups in total. The van der Waals surface area contributed by atoms with Crippen LogP contribution >= 0.6 is 23.7 Å². The van der Waals surface area contributed by atoms with Gasteiger partial charge in [0.2, 0.25) is 5.91 Å². The Kier molecular flexibility index (Phi) is 6.93. The maximum atomic E-state index is 13.8. The highest BCUT2D eigenvalue weighted by Gasteiger charge is 2.26. The van der Waals surface area contributed by atoms with Gasteiger partial charge < -0.3 is 11.1 Å². The van der Waals surface area contributed by atoms with Gasteiger partial charge in [0.05, 0.1) is 5.69 Å². The van der Waals surface area contributed by atoms with E-state index in [0.29, 0.717) is 23.5 Å². The minimum absolute atomic E-state index is 0. The summed E-state index contributed by atoms with van der Waals surface area (Å²) in [5.41, 5.74) is 7.49. The first-order valence-corrected chi connectivity index (χ1v) is 9.09. The second-order valence-electron chi connectivity index (χ2n) is 6.40. The first-order chi connectivity index (χ1) is 11.5. The number of carbonyl (C=O) groups excluding carboxylic acids is 1. The molecule has 0 spiro atoms. The number of nitrogens with one attached hydrogen (secondary N) is 1. The van der Waals surface area contributed by atoms with Gasteiger partial charge in [-0.05, 0) is 37.3 Å². The van der Waals surface area contributed by atoms with E-state index in [4.69, 9.17) is 5.73 Å². The number of aryl methyl sites for hydroxylation is 1. The van der Waals surface area contributed by atoms with Gasteiger partial charge in [0.1, 0.15) is 5.82 Å². The number of nitrogens with zero attached hydrogens (tertiary/aromatic N) is 1. The van der Waals surface area contributed by atoms with E-state index >= 15 is 0 Å². The lowest BCUT2D eigenvalue weighted by Crippen LogP contribution is -2.28. The molecule has 1 aliphatic carbocycles. The van der Waals surface area contributed by atoms with Crippen molar-refractivity contribution in [2.75, 3.05) is 5.32 Å². The predicted molar refractivity (Wildman–Crippen MR) is 102 cm³/mol. The summed E-state index contributed by atoms with van der Waals surface area (Å²) in [6.45, 7) is 1.88. The largest absolute Gasteiger partial charge is 0.327 e. The molecule has 0 saturated heterocycles. The van der Waals surface area contributed by atoms with Gasteiger partial charge in [-0.25, -0.2) is 9.37 Å². The van der Waals surface area contributed by atoms with Crippen molar-refractivity contribution in [1.82, 2.24) is 4.98 Å². The lowest BCUT2D eigenvalue weighted by molar-refractivity contribution is -0.117. The molecule has 1 aliphatic rings.